The second-order valence-electron chi connectivity index (χ2n) is 5.28. The van der Waals surface area contributed by atoms with Crippen molar-refractivity contribution < 1.29 is 17.2 Å². The fourth-order valence-electron chi connectivity index (χ4n) is 2.42. The van der Waals surface area contributed by atoms with Crippen molar-refractivity contribution in [2.24, 2.45) is 11.7 Å². The number of anilines is 1. The van der Waals surface area contributed by atoms with Gasteiger partial charge in [0.1, 0.15) is 0 Å². The molecule has 1 saturated carbocycles. The molecule has 1 fully saturated rings. The van der Waals surface area contributed by atoms with E-state index in [0.717, 1.165) is 25.1 Å². The molecule has 0 unspecified atom stereocenters. The third kappa shape index (κ3) is 3.09. The Kier molecular flexibility index (Phi) is 4.29. The SMILES string of the molecule is CN(CC1CC(N)C1)c1ccc(S(=O)(=O)C(F)F)cc1. The fourth-order valence-corrected chi connectivity index (χ4v) is 3.14. The lowest BCUT2D eigenvalue weighted by Crippen LogP contribution is -2.41. The number of alkyl halides is 2. The van der Waals surface area contributed by atoms with Crippen LogP contribution in [0.25, 0.3) is 0 Å². The number of hydrogen-bond donors (Lipinski definition) is 1. The van der Waals surface area contributed by atoms with E-state index >= 15 is 0 Å². The Morgan fingerprint density at radius 2 is 1.85 bits per heavy atom. The lowest BCUT2D eigenvalue weighted by molar-refractivity contribution is 0.234. The zero-order valence-corrected chi connectivity index (χ0v) is 12.0. The van der Waals surface area contributed by atoms with E-state index in [-0.39, 0.29) is 10.9 Å². The molecular weight excluding hydrogens is 286 g/mol. The lowest BCUT2D eigenvalue weighted by Gasteiger charge is -2.36. The molecule has 1 aliphatic rings. The monoisotopic (exact) mass is 304 g/mol. The highest BCUT2D eigenvalue weighted by Gasteiger charge is 2.28. The number of hydrogen-bond acceptors (Lipinski definition) is 4. The number of benzene rings is 1. The molecule has 112 valence electrons. The van der Waals surface area contributed by atoms with Crippen LogP contribution in [-0.2, 0) is 9.84 Å². The topological polar surface area (TPSA) is 63.4 Å². The maximum absolute atomic E-state index is 12.4. The van der Waals surface area contributed by atoms with E-state index in [1.165, 1.54) is 12.1 Å². The van der Waals surface area contributed by atoms with E-state index in [1.54, 1.807) is 12.1 Å². The smallest absolute Gasteiger partial charge is 0.341 e. The minimum atomic E-state index is -4.51. The third-order valence-electron chi connectivity index (χ3n) is 3.64. The summed E-state index contributed by atoms with van der Waals surface area (Å²) in [6.07, 6.45) is 1.98. The van der Waals surface area contributed by atoms with Crippen LogP contribution in [0.15, 0.2) is 29.2 Å². The van der Waals surface area contributed by atoms with E-state index in [1.807, 2.05) is 11.9 Å². The Morgan fingerprint density at radius 3 is 2.30 bits per heavy atom. The number of nitrogens with two attached hydrogens (primary N) is 1. The average Bonchev–Trinajstić information content (AvgIpc) is 2.36. The van der Waals surface area contributed by atoms with Crippen LogP contribution in [0.1, 0.15) is 12.8 Å². The number of halogens is 2. The van der Waals surface area contributed by atoms with Gasteiger partial charge in [0.25, 0.3) is 0 Å². The van der Waals surface area contributed by atoms with Gasteiger partial charge in [-0.1, -0.05) is 0 Å². The molecular formula is C13H18F2N2O2S. The van der Waals surface area contributed by atoms with Crippen molar-refractivity contribution in [2.45, 2.75) is 29.5 Å². The first-order valence-electron chi connectivity index (χ1n) is 6.39. The van der Waals surface area contributed by atoms with Gasteiger partial charge in [-0.2, -0.15) is 8.78 Å². The van der Waals surface area contributed by atoms with E-state index in [9.17, 15) is 17.2 Å². The number of sulfone groups is 1. The minimum absolute atomic E-state index is 0.284. The molecule has 0 heterocycles. The summed E-state index contributed by atoms with van der Waals surface area (Å²) in [6.45, 7) is 0.828. The fraction of sp³-hybridized carbons (Fsp3) is 0.538. The summed E-state index contributed by atoms with van der Waals surface area (Å²) < 4.78 is 47.4. The Bertz CT molecular complexity index is 554. The van der Waals surface area contributed by atoms with Gasteiger partial charge >= 0.3 is 5.76 Å². The molecule has 0 saturated heterocycles. The Morgan fingerprint density at radius 1 is 1.30 bits per heavy atom. The minimum Gasteiger partial charge on any atom is -0.374 e. The summed E-state index contributed by atoms with van der Waals surface area (Å²) >= 11 is 0. The van der Waals surface area contributed by atoms with Crippen LogP contribution in [0.3, 0.4) is 0 Å². The van der Waals surface area contributed by atoms with Gasteiger partial charge in [0.15, 0.2) is 0 Å². The molecule has 0 bridgehead atoms. The molecule has 7 heteroatoms. The van der Waals surface area contributed by atoms with Crippen LogP contribution in [-0.4, -0.2) is 33.8 Å². The number of rotatable bonds is 5. The molecule has 0 aliphatic heterocycles. The van der Waals surface area contributed by atoms with Crippen LogP contribution in [0.5, 0.6) is 0 Å². The van der Waals surface area contributed by atoms with Crippen molar-refractivity contribution in [1.82, 2.24) is 0 Å². The van der Waals surface area contributed by atoms with Gasteiger partial charge < -0.3 is 10.6 Å². The highest BCUT2D eigenvalue weighted by molar-refractivity contribution is 7.91. The zero-order valence-electron chi connectivity index (χ0n) is 11.2. The van der Waals surface area contributed by atoms with Crippen molar-refractivity contribution in [3.8, 4) is 0 Å². The molecule has 4 nitrogen and oxygen atoms in total. The Balaban J connectivity index is 2.04. The van der Waals surface area contributed by atoms with Crippen molar-refractivity contribution in [1.29, 1.82) is 0 Å². The predicted octanol–water partition coefficient (Wildman–Crippen LogP) is 1.86. The van der Waals surface area contributed by atoms with Crippen LogP contribution in [0.4, 0.5) is 14.5 Å². The van der Waals surface area contributed by atoms with Crippen molar-refractivity contribution in [2.75, 3.05) is 18.5 Å². The number of nitrogens with zero attached hydrogens (tertiary/aromatic N) is 1. The highest BCUT2D eigenvalue weighted by Crippen LogP contribution is 2.28. The molecule has 0 aromatic heterocycles. The summed E-state index contributed by atoms with van der Waals surface area (Å²) in [5.74, 6) is -2.85. The summed E-state index contributed by atoms with van der Waals surface area (Å²) in [6, 6.07) is 5.83. The van der Waals surface area contributed by atoms with E-state index in [0.29, 0.717) is 5.92 Å². The normalized spacial score (nSPS) is 22.6. The predicted molar refractivity (Wildman–Crippen MR) is 73.6 cm³/mol. The van der Waals surface area contributed by atoms with Gasteiger partial charge in [-0.15, -0.1) is 0 Å². The first-order valence-corrected chi connectivity index (χ1v) is 7.94. The van der Waals surface area contributed by atoms with Crippen LogP contribution in [0, 0.1) is 5.92 Å². The maximum Gasteiger partial charge on any atom is 0.341 e. The molecule has 0 amide bonds. The summed E-state index contributed by atoms with van der Waals surface area (Å²) in [4.78, 5) is 1.63. The standard InChI is InChI=1S/C13H18F2N2O2S/c1-17(8-9-6-10(16)7-9)11-2-4-12(5-3-11)20(18,19)13(14)15/h2-5,9-10,13H,6-8,16H2,1H3. The largest absolute Gasteiger partial charge is 0.374 e. The molecule has 20 heavy (non-hydrogen) atoms. The van der Waals surface area contributed by atoms with Crippen LogP contribution < -0.4 is 10.6 Å². The van der Waals surface area contributed by atoms with Crippen LogP contribution >= 0.6 is 0 Å². The Labute approximate surface area is 117 Å². The van der Waals surface area contributed by atoms with Gasteiger partial charge in [0.2, 0.25) is 9.84 Å². The van der Waals surface area contributed by atoms with Gasteiger partial charge in [-0.3, -0.25) is 0 Å². The molecule has 0 atom stereocenters. The van der Waals surface area contributed by atoms with E-state index in [2.05, 4.69) is 0 Å². The molecule has 1 aromatic rings. The highest BCUT2D eigenvalue weighted by atomic mass is 32.2. The van der Waals surface area contributed by atoms with Gasteiger partial charge in [0, 0.05) is 25.3 Å². The summed E-state index contributed by atoms with van der Waals surface area (Å²) in [5, 5.41) is 0. The van der Waals surface area contributed by atoms with Crippen molar-refractivity contribution in [3.63, 3.8) is 0 Å². The first-order chi connectivity index (χ1) is 9.30. The maximum atomic E-state index is 12.4. The zero-order chi connectivity index (χ0) is 14.9. The molecule has 1 aliphatic carbocycles. The van der Waals surface area contributed by atoms with Crippen molar-refractivity contribution >= 4 is 15.5 Å². The molecule has 1 aromatic carbocycles. The Hall–Kier alpha value is -1.21. The summed E-state index contributed by atoms with van der Waals surface area (Å²) in [5.41, 5.74) is 6.53. The molecule has 2 N–H and O–H groups in total. The lowest BCUT2D eigenvalue weighted by atomic mass is 9.80. The van der Waals surface area contributed by atoms with Crippen LogP contribution in [0.2, 0.25) is 0 Å². The van der Waals surface area contributed by atoms with Gasteiger partial charge in [0.05, 0.1) is 4.90 Å². The second kappa shape index (κ2) is 5.65. The van der Waals surface area contributed by atoms with Gasteiger partial charge in [-0.25, -0.2) is 8.42 Å². The molecule has 0 radical (unpaired) electrons. The average molecular weight is 304 g/mol. The second-order valence-corrected chi connectivity index (χ2v) is 7.20. The molecule has 0 spiro atoms. The third-order valence-corrected chi connectivity index (χ3v) is 5.04. The quantitative estimate of drug-likeness (QED) is 0.902. The molecule has 2 rings (SSSR count). The summed E-state index contributed by atoms with van der Waals surface area (Å²) in [7, 11) is -2.62. The first kappa shape index (κ1) is 15.2. The van der Waals surface area contributed by atoms with Gasteiger partial charge in [-0.05, 0) is 43.0 Å². The van der Waals surface area contributed by atoms with E-state index < -0.39 is 15.6 Å². The van der Waals surface area contributed by atoms with E-state index in [4.69, 9.17) is 5.73 Å². The van der Waals surface area contributed by atoms with Crippen molar-refractivity contribution in [3.05, 3.63) is 24.3 Å².